The SMILES string of the molecule is O=C(O)CN[C@@H](Cc1ccccc1)C(=O)O.[NaH].[NaH]. The molecule has 0 unspecified atom stereocenters. The molecule has 0 aromatic heterocycles. The standard InChI is InChI=1S/C11H13NO4.2Na.2H/c13-10(14)7-12-9(11(15)16)6-8-4-2-1-3-5-8;;;;/h1-5,9,12H,6-7H2,(H,13,14)(H,15,16);;;;/t9-;;;;/m0..../s1. The third-order valence-electron chi connectivity index (χ3n) is 2.08. The predicted molar refractivity (Wildman–Crippen MR) is 71.5 cm³/mol. The summed E-state index contributed by atoms with van der Waals surface area (Å²) in [6.07, 6.45) is 0.267. The van der Waals surface area contributed by atoms with Gasteiger partial charge in [0.2, 0.25) is 0 Å². The van der Waals surface area contributed by atoms with Crippen LogP contribution in [0.3, 0.4) is 0 Å². The van der Waals surface area contributed by atoms with Crippen molar-refractivity contribution in [2.45, 2.75) is 12.5 Å². The van der Waals surface area contributed by atoms with Gasteiger partial charge in [-0.2, -0.15) is 0 Å². The molecular weight excluding hydrogens is 256 g/mol. The van der Waals surface area contributed by atoms with Crippen LogP contribution in [0.1, 0.15) is 5.56 Å². The molecule has 0 heterocycles. The van der Waals surface area contributed by atoms with Crippen LogP contribution in [0.2, 0.25) is 0 Å². The van der Waals surface area contributed by atoms with Crippen molar-refractivity contribution in [3.05, 3.63) is 35.9 Å². The van der Waals surface area contributed by atoms with E-state index in [9.17, 15) is 9.59 Å². The van der Waals surface area contributed by atoms with Gasteiger partial charge in [-0.1, -0.05) is 30.3 Å². The summed E-state index contributed by atoms with van der Waals surface area (Å²) in [6, 6.07) is 8.19. The van der Waals surface area contributed by atoms with Gasteiger partial charge in [-0.3, -0.25) is 14.9 Å². The Kier molecular flexibility index (Phi) is 12.5. The maximum atomic E-state index is 10.9. The van der Waals surface area contributed by atoms with Gasteiger partial charge in [0.05, 0.1) is 6.54 Å². The van der Waals surface area contributed by atoms with Gasteiger partial charge in [0.15, 0.2) is 0 Å². The van der Waals surface area contributed by atoms with Crippen molar-refractivity contribution in [3.63, 3.8) is 0 Å². The fourth-order valence-corrected chi connectivity index (χ4v) is 1.31. The Morgan fingerprint density at radius 3 is 2.11 bits per heavy atom. The normalized spacial score (nSPS) is 10.7. The zero-order chi connectivity index (χ0) is 12.0. The monoisotopic (exact) mass is 271 g/mol. The fourth-order valence-electron chi connectivity index (χ4n) is 1.31. The molecule has 0 saturated carbocycles. The summed E-state index contributed by atoms with van der Waals surface area (Å²) in [5, 5.41) is 19.8. The van der Waals surface area contributed by atoms with Crippen LogP contribution in [0.25, 0.3) is 0 Å². The molecule has 0 saturated heterocycles. The first kappa shape index (κ1) is 20.4. The molecule has 90 valence electrons. The van der Waals surface area contributed by atoms with Gasteiger partial charge in [-0.25, -0.2) is 0 Å². The number of hydrogen-bond donors (Lipinski definition) is 3. The molecule has 1 aromatic rings. The number of benzene rings is 1. The summed E-state index contributed by atoms with van der Waals surface area (Å²) >= 11 is 0. The van der Waals surface area contributed by atoms with Gasteiger partial charge in [0.25, 0.3) is 0 Å². The van der Waals surface area contributed by atoms with E-state index in [1.165, 1.54) is 0 Å². The molecule has 1 aromatic carbocycles. The molecule has 0 aliphatic heterocycles. The van der Waals surface area contributed by atoms with Crippen molar-refractivity contribution in [2.75, 3.05) is 6.54 Å². The van der Waals surface area contributed by atoms with Crippen molar-refractivity contribution >= 4 is 71.1 Å². The fraction of sp³-hybridized carbons (Fsp3) is 0.273. The Bertz CT molecular complexity index is 373. The molecule has 0 aliphatic carbocycles. The van der Waals surface area contributed by atoms with Gasteiger partial charge in [-0.15, -0.1) is 0 Å². The van der Waals surface area contributed by atoms with Gasteiger partial charge in [0.1, 0.15) is 6.04 Å². The molecule has 5 nitrogen and oxygen atoms in total. The topological polar surface area (TPSA) is 86.6 Å². The first-order valence-electron chi connectivity index (χ1n) is 4.81. The second-order valence-corrected chi connectivity index (χ2v) is 3.36. The molecule has 1 rings (SSSR count). The van der Waals surface area contributed by atoms with Crippen LogP contribution < -0.4 is 5.32 Å². The van der Waals surface area contributed by atoms with Crippen LogP contribution in [-0.2, 0) is 16.0 Å². The average molecular weight is 271 g/mol. The van der Waals surface area contributed by atoms with Gasteiger partial charge < -0.3 is 10.2 Å². The molecule has 0 radical (unpaired) electrons. The summed E-state index contributed by atoms with van der Waals surface area (Å²) in [4.78, 5) is 21.2. The number of carboxylic acids is 2. The molecule has 0 bridgehead atoms. The summed E-state index contributed by atoms with van der Waals surface area (Å²) in [6.45, 7) is -0.357. The second-order valence-electron chi connectivity index (χ2n) is 3.36. The number of rotatable bonds is 6. The second kappa shape index (κ2) is 11.0. The molecule has 7 heteroatoms. The first-order chi connectivity index (χ1) is 7.59. The minimum absolute atomic E-state index is 0. The Balaban J connectivity index is 0. The molecule has 18 heavy (non-hydrogen) atoms. The molecule has 0 amide bonds. The molecule has 0 fully saturated rings. The van der Waals surface area contributed by atoms with Crippen LogP contribution in [0.5, 0.6) is 0 Å². The van der Waals surface area contributed by atoms with Crippen molar-refractivity contribution in [1.82, 2.24) is 5.32 Å². The van der Waals surface area contributed by atoms with Crippen molar-refractivity contribution in [1.29, 1.82) is 0 Å². The first-order valence-corrected chi connectivity index (χ1v) is 4.81. The van der Waals surface area contributed by atoms with E-state index >= 15 is 0 Å². The van der Waals surface area contributed by atoms with Crippen molar-refractivity contribution in [3.8, 4) is 0 Å². The number of nitrogens with one attached hydrogen (secondary N) is 1. The quantitative estimate of drug-likeness (QED) is 0.581. The predicted octanol–water partition coefficient (Wildman–Crippen LogP) is -0.941. The Morgan fingerprint density at radius 2 is 1.67 bits per heavy atom. The van der Waals surface area contributed by atoms with Crippen LogP contribution in [0, 0.1) is 0 Å². The average Bonchev–Trinajstić information content (AvgIpc) is 2.25. The van der Waals surface area contributed by atoms with E-state index in [0.717, 1.165) is 5.56 Å². The van der Waals surface area contributed by atoms with Gasteiger partial charge >= 0.3 is 71.1 Å². The number of carbonyl (C=O) groups is 2. The zero-order valence-electron chi connectivity index (χ0n) is 8.59. The van der Waals surface area contributed by atoms with Crippen LogP contribution in [0.4, 0.5) is 0 Å². The summed E-state index contributed by atoms with van der Waals surface area (Å²) in [5.74, 6) is -2.12. The van der Waals surface area contributed by atoms with Crippen LogP contribution in [0.15, 0.2) is 30.3 Å². The van der Waals surface area contributed by atoms with Crippen molar-refractivity contribution < 1.29 is 19.8 Å². The third-order valence-corrected chi connectivity index (χ3v) is 2.08. The Labute approximate surface area is 150 Å². The maximum absolute atomic E-state index is 10.9. The summed E-state index contributed by atoms with van der Waals surface area (Å²) in [7, 11) is 0. The summed E-state index contributed by atoms with van der Waals surface area (Å²) in [5.41, 5.74) is 0.854. The van der Waals surface area contributed by atoms with Crippen LogP contribution in [-0.4, -0.2) is 93.9 Å². The van der Waals surface area contributed by atoms with Gasteiger partial charge in [0, 0.05) is 0 Å². The van der Waals surface area contributed by atoms with E-state index in [1.54, 1.807) is 12.1 Å². The molecule has 1 atom stereocenters. The van der Waals surface area contributed by atoms with Crippen LogP contribution >= 0.6 is 0 Å². The summed E-state index contributed by atoms with van der Waals surface area (Å²) < 4.78 is 0. The van der Waals surface area contributed by atoms with E-state index in [1.807, 2.05) is 18.2 Å². The molecular formula is C11H15NNa2O4. The Morgan fingerprint density at radius 1 is 1.11 bits per heavy atom. The minimum atomic E-state index is -1.07. The van der Waals surface area contributed by atoms with E-state index in [4.69, 9.17) is 10.2 Å². The molecule has 3 N–H and O–H groups in total. The van der Waals surface area contributed by atoms with Crippen molar-refractivity contribution in [2.24, 2.45) is 0 Å². The Hall–Kier alpha value is 0.120. The number of carboxylic acid groups (broad SMARTS) is 2. The van der Waals surface area contributed by atoms with E-state index < -0.39 is 18.0 Å². The number of aliphatic carboxylic acids is 2. The van der Waals surface area contributed by atoms with Gasteiger partial charge in [-0.05, 0) is 12.0 Å². The third kappa shape index (κ3) is 8.26. The molecule has 0 spiro atoms. The molecule has 0 aliphatic rings. The van der Waals surface area contributed by atoms with E-state index in [2.05, 4.69) is 5.32 Å². The van der Waals surface area contributed by atoms with E-state index in [0.29, 0.717) is 0 Å². The number of hydrogen-bond acceptors (Lipinski definition) is 3. The zero-order valence-corrected chi connectivity index (χ0v) is 8.59. The van der Waals surface area contributed by atoms with E-state index in [-0.39, 0.29) is 72.1 Å².